The first-order valence-corrected chi connectivity index (χ1v) is 9.71. The highest BCUT2D eigenvalue weighted by molar-refractivity contribution is 7.99. The van der Waals surface area contributed by atoms with Crippen LogP contribution in [0.5, 0.6) is 0 Å². The molecule has 1 aromatic carbocycles. The molecule has 0 amide bonds. The Morgan fingerprint density at radius 1 is 1.20 bits per heavy atom. The molecule has 0 radical (unpaired) electrons. The Balaban J connectivity index is 2.05. The molecule has 114 valence electrons. The van der Waals surface area contributed by atoms with Crippen LogP contribution in [0.1, 0.15) is 13.3 Å². The number of thioether (sulfide) groups is 1. The first-order valence-electron chi connectivity index (χ1n) is 6.87. The van der Waals surface area contributed by atoms with Gasteiger partial charge in [0.25, 0.3) is 0 Å². The van der Waals surface area contributed by atoms with Crippen LogP contribution >= 0.6 is 11.8 Å². The molecule has 0 heterocycles. The van der Waals surface area contributed by atoms with E-state index in [9.17, 15) is 8.42 Å². The predicted molar refractivity (Wildman–Crippen MR) is 86.7 cm³/mol. The van der Waals surface area contributed by atoms with Gasteiger partial charge in [0.2, 0.25) is 10.0 Å². The number of rotatable bonds is 10. The van der Waals surface area contributed by atoms with Crippen LogP contribution in [0.15, 0.2) is 35.2 Å². The predicted octanol–water partition coefficient (Wildman–Crippen LogP) is 2.04. The van der Waals surface area contributed by atoms with Gasteiger partial charge in [-0.15, -0.1) is 11.8 Å². The maximum Gasteiger partial charge on any atom is 0.211 e. The lowest BCUT2D eigenvalue weighted by Crippen LogP contribution is -2.32. The largest absolute Gasteiger partial charge is 0.316 e. The molecule has 1 aromatic rings. The first-order chi connectivity index (χ1) is 9.54. The first kappa shape index (κ1) is 17.5. The van der Waals surface area contributed by atoms with Gasteiger partial charge in [-0.3, -0.25) is 0 Å². The van der Waals surface area contributed by atoms with Crippen LogP contribution < -0.4 is 5.32 Å². The van der Waals surface area contributed by atoms with Crippen molar-refractivity contribution in [2.24, 2.45) is 0 Å². The van der Waals surface area contributed by atoms with Gasteiger partial charge in [-0.05, 0) is 25.1 Å². The summed E-state index contributed by atoms with van der Waals surface area (Å²) in [6.45, 7) is 4.79. The summed E-state index contributed by atoms with van der Waals surface area (Å²) in [5.41, 5.74) is 0. The summed E-state index contributed by atoms with van der Waals surface area (Å²) in [6.07, 6.45) is 2.11. The highest BCUT2D eigenvalue weighted by Gasteiger charge is 2.12. The summed E-state index contributed by atoms with van der Waals surface area (Å²) >= 11 is 1.82. The van der Waals surface area contributed by atoms with Crippen molar-refractivity contribution in [3.63, 3.8) is 0 Å². The van der Waals surface area contributed by atoms with Gasteiger partial charge in [0.15, 0.2) is 0 Å². The van der Waals surface area contributed by atoms with Crippen LogP contribution in [-0.4, -0.2) is 50.9 Å². The third-order valence-corrected chi connectivity index (χ3v) is 5.27. The molecule has 0 fully saturated rings. The number of hydrogen-bond donors (Lipinski definition) is 1. The lowest BCUT2D eigenvalue weighted by Gasteiger charge is -2.17. The molecule has 0 saturated heterocycles. The highest BCUT2D eigenvalue weighted by Crippen LogP contribution is 2.15. The molecule has 20 heavy (non-hydrogen) atoms. The number of benzene rings is 1. The minimum absolute atomic E-state index is 0.544. The molecule has 0 aromatic heterocycles. The van der Waals surface area contributed by atoms with Crippen LogP contribution in [0, 0.1) is 0 Å². The highest BCUT2D eigenvalue weighted by atomic mass is 32.2. The summed E-state index contributed by atoms with van der Waals surface area (Å²) < 4.78 is 24.3. The van der Waals surface area contributed by atoms with Gasteiger partial charge in [-0.25, -0.2) is 12.7 Å². The number of nitrogens with one attached hydrogen (secondary N) is 1. The van der Waals surface area contributed by atoms with Crippen molar-refractivity contribution in [2.75, 3.05) is 38.2 Å². The van der Waals surface area contributed by atoms with E-state index in [1.54, 1.807) is 0 Å². The molecule has 0 saturated carbocycles. The van der Waals surface area contributed by atoms with Gasteiger partial charge >= 0.3 is 0 Å². The Kier molecular flexibility index (Phi) is 8.21. The number of hydrogen-bond acceptors (Lipinski definition) is 4. The maximum atomic E-state index is 11.4. The summed E-state index contributed by atoms with van der Waals surface area (Å²) in [5, 5.41) is 3.34. The standard InChI is InChI=1S/C14H24N2O2S2/c1-3-16(20(2,17)18)12-7-10-15-11-13-19-14-8-5-4-6-9-14/h4-6,8-9,15H,3,7,10-13H2,1-2H3. The Morgan fingerprint density at radius 3 is 2.50 bits per heavy atom. The third-order valence-electron chi connectivity index (χ3n) is 2.87. The summed E-state index contributed by atoms with van der Waals surface area (Å²) in [5.74, 6) is 1.02. The minimum Gasteiger partial charge on any atom is -0.316 e. The van der Waals surface area contributed by atoms with E-state index in [4.69, 9.17) is 0 Å². The number of sulfonamides is 1. The van der Waals surface area contributed by atoms with Gasteiger partial charge in [-0.1, -0.05) is 25.1 Å². The quantitative estimate of drug-likeness (QED) is 0.530. The van der Waals surface area contributed by atoms with E-state index in [0.29, 0.717) is 13.1 Å². The molecule has 1 N–H and O–H groups in total. The molecule has 0 unspecified atom stereocenters. The van der Waals surface area contributed by atoms with Gasteiger partial charge in [0.1, 0.15) is 0 Å². The van der Waals surface area contributed by atoms with Crippen molar-refractivity contribution >= 4 is 21.8 Å². The van der Waals surface area contributed by atoms with E-state index in [1.165, 1.54) is 15.5 Å². The SMILES string of the molecule is CCN(CCCNCCSc1ccccc1)S(C)(=O)=O. The molecule has 0 spiro atoms. The molecule has 0 aliphatic heterocycles. The van der Waals surface area contributed by atoms with Crippen molar-refractivity contribution in [1.82, 2.24) is 9.62 Å². The lowest BCUT2D eigenvalue weighted by molar-refractivity contribution is 0.420. The average molecular weight is 316 g/mol. The zero-order chi connectivity index (χ0) is 14.8. The van der Waals surface area contributed by atoms with Crippen molar-refractivity contribution < 1.29 is 8.42 Å². The van der Waals surface area contributed by atoms with Crippen LogP contribution in [0.4, 0.5) is 0 Å². The van der Waals surface area contributed by atoms with E-state index in [2.05, 4.69) is 17.4 Å². The van der Waals surface area contributed by atoms with Crippen LogP contribution in [0.3, 0.4) is 0 Å². The molecule has 6 heteroatoms. The summed E-state index contributed by atoms with van der Waals surface area (Å²) in [4.78, 5) is 1.28. The van der Waals surface area contributed by atoms with E-state index in [-0.39, 0.29) is 0 Å². The van der Waals surface area contributed by atoms with E-state index in [1.807, 2.05) is 36.9 Å². The Labute approximate surface area is 127 Å². The fourth-order valence-corrected chi connectivity index (χ4v) is 3.58. The molecule has 0 aliphatic carbocycles. The molecule has 0 atom stereocenters. The van der Waals surface area contributed by atoms with Crippen LogP contribution in [0.2, 0.25) is 0 Å². The van der Waals surface area contributed by atoms with Crippen molar-refractivity contribution in [2.45, 2.75) is 18.2 Å². The van der Waals surface area contributed by atoms with E-state index >= 15 is 0 Å². The lowest BCUT2D eigenvalue weighted by atomic mass is 10.4. The molecule has 1 rings (SSSR count). The van der Waals surface area contributed by atoms with E-state index < -0.39 is 10.0 Å². The van der Waals surface area contributed by atoms with Crippen LogP contribution in [-0.2, 0) is 10.0 Å². The Morgan fingerprint density at radius 2 is 1.90 bits per heavy atom. The van der Waals surface area contributed by atoms with Gasteiger partial charge in [-0.2, -0.15) is 0 Å². The monoisotopic (exact) mass is 316 g/mol. The average Bonchev–Trinajstić information content (AvgIpc) is 2.41. The minimum atomic E-state index is -3.05. The zero-order valence-corrected chi connectivity index (χ0v) is 13.8. The molecular weight excluding hydrogens is 292 g/mol. The normalized spacial score (nSPS) is 11.9. The number of nitrogens with zero attached hydrogens (tertiary/aromatic N) is 1. The maximum absolute atomic E-state index is 11.4. The van der Waals surface area contributed by atoms with Crippen molar-refractivity contribution in [3.05, 3.63) is 30.3 Å². The fourth-order valence-electron chi connectivity index (χ4n) is 1.82. The fraction of sp³-hybridized carbons (Fsp3) is 0.571. The second-order valence-corrected chi connectivity index (χ2v) is 7.67. The van der Waals surface area contributed by atoms with Crippen molar-refractivity contribution in [3.8, 4) is 0 Å². The van der Waals surface area contributed by atoms with Gasteiger partial charge in [0, 0.05) is 30.3 Å². The van der Waals surface area contributed by atoms with Gasteiger partial charge in [0.05, 0.1) is 6.26 Å². The van der Waals surface area contributed by atoms with Crippen LogP contribution in [0.25, 0.3) is 0 Å². The topological polar surface area (TPSA) is 49.4 Å². The summed E-state index contributed by atoms with van der Waals surface area (Å²) in [7, 11) is -3.05. The second-order valence-electron chi connectivity index (χ2n) is 4.52. The van der Waals surface area contributed by atoms with Crippen molar-refractivity contribution in [1.29, 1.82) is 0 Å². The molecule has 0 bridgehead atoms. The van der Waals surface area contributed by atoms with E-state index in [0.717, 1.165) is 25.3 Å². The molecule has 0 aliphatic rings. The Hall–Kier alpha value is -0.560. The summed E-state index contributed by atoms with van der Waals surface area (Å²) in [6, 6.07) is 10.3. The van der Waals surface area contributed by atoms with Gasteiger partial charge < -0.3 is 5.32 Å². The second kappa shape index (κ2) is 9.39. The Bertz CT molecular complexity index is 463. The molecule has 4 nitrogen and oxygen atoms in total. The zero-order valence-electron chi connectivity index (χ0n) is 12.2. The third kappa shape index (κ3) is 7.28. The molecular formula is C14H24N2O2S2. The smallest absolute Gasteiger partial charge is 0.211 e.